The van der Waals surface area contributed by atoms with Crippen molar-refractivity contribution in [2.75, 3.05) is 0 Å². The average molecular weight is 459 g/mol. The Kier molecular flexibility index (Phi) is 4.91. The standard InChI is InChI=1S/C23H18N6O3S/c30-21(10-9-19-25-27-22-16-7-3-1-6-15(16)12-24-29(19)22)31-13-20-26-28-23(32-20)18-11-14-5-2-4-8-17(14)33-18/h1,3,6-7,9-12H,2,4-5,8,13H2. The maximum Gasteiger partial charge on any atom is 0.331 e. The molecule has 9 nitrogen and oxygen atoms in total. The van der Waals surface area contributed by atoms with Crippen LogP contribution in [-0.2, 0) is 29.0 Å². The van der Waals surface area contributed by atoms with Gasteiger partial charge in [-0.25, -0.2) is 4.79 Å². The number of benzene rings is 1. The first kappa shape index (κ1) is 19.7. The maximum absolute atomic E-state index is 12.2. The number of aryl methyl sites for hydroxylation is 2. The summed E-state index contributed by atoms with van der Waals surface area (Å²) in [5, 5.41) is 22.7. The molecule has 0 bridgehead atoms. The lowest BCUT2D eigenvalue weighted by molar-refractivity contribution is -0.139. The van der Waals surface area contributed by atoms with Crippen LogP contribution in [0.5, 0.6) is 0 Å². The minimum absolute atomic E-state index is 0.106. The molecule has 0 amide bonds. The molecule has 1 aliphatic carbocycles. The van der Waals surface area contributed by atoms with Crippen molar-refractivity contribution in [3.63, 3.8) is 0 Å². The van der Waals surface area contributed by atoms with E-state index in [0.717, 1.165) is 28.5 Å². The second-order valence-corrected chi connectivity index (χ2v) is 8.87. The summed E-state index contributed by atoms with van der Waals surface area (Å²) in [6.45, 7) is -0.106. The van der Waals surface area contributed by atoms with Crippen molar-refractivity contribution in [1.29, 1.82) is 0 Å². The van der Waals surface area contributed by atoms with E-state index in [-0.39, 0.29) is 12.5 Å². The van der Waals surface area contributed by atoms with Crippen LogP contribution in [0, 0.1) is 0 Å². The largest absolute Gasteiger partial charge is 0.452 e. The van der Waals surface area contributed by atoms with Crippen molar-refractivity contribution in [2.24, 2.45) is 0 Å². The van der Waals surface area contributed by atoms with Gasteiger partial charge in [0.1, 0.15) is 0 Å². The summed E-state index contributed by atoms with van der Waals surface area (Å²) in [6.07, 6.45) is 9.18. The van der Waals surface area contributed by atoms with Gasteiger partial charge in [0.25, 0.3) is 11.8 Å². The summed E-state index contributed by atoms with van der Waals surface area (Å²) in [6, 6.07) is 9.91. The van der Waals surface area contributed by atoms with Gasteiger partial charge >= 0.3 is 5.97 Å². The first-order valence-electron chi connectivity index (χ1n) is 10.6. The Labute approximate surface area is 191 Å². The normalized spacial score (nSPS) is 13.7. The van der Waals surface area contributed by atoms with E-state index in [2.05, 4.69) is 31.6 Å². The molecule has 164 valence electrons. The first-order chi connectivity index (χ1) is 16.2. The minimum Gasteiger partial charge on any atom is -0.452 e. The van der Waals surface area contributed by atoms with Crippen molar-refractivity contribution >= 4 is 39.8 Å². The Balaban J connectivity index is 1.12. The molecule has 10 heteroatoms. The van der Waals surface area contributed by atoms with Crippen molar-refractivity contribution in [3.8, 4) is 10.8 Å². The molecule has 0 saturated heterocycles. The number of rotatable bonds is 5. The highest BCUT2D eigenvalue weighted by molar-refractivity contribution is 7.15. The van der Waals surface area contributed by atoms with E-state index in [9.17, 15) is 4.79 Å². The van der Waals surface area contributed by atoms with Gasteiger partial charge in [-0.05, 0) is 43.4 Å². The zero-order valence-corrected chi connectivity index (χ0v) is 18.3. The van der Waals surface area contributed by atoms with E-state index in [4.69, 9.17) is 9.15 Å². The fraction of sp³-hybridized carbons (Fsp3) is 0.217. The number of carbonyl (C=O) groups is 1. The molecule has 1 aliphatic rings. The number of fused-ring (bicyclic) bond motifs is 4. The molecule has 0 saturated carbocycles. The number of nitrogens with zero attached hydrogens (tertiary/aromatic N) is 6. The lowest BCUT2D eigenvalue weighted by Crippen LogP contribution is -2.01. The van der Waals surface area contributed by atoms with Crippen molar-refractivity contribution in [3.05, 3.63) is 64.8 Å². The fourth-order valence-electron chi connectivity index (χ4n) is 3.94. The van der Waals surface area contributed by atoms with Crippen molar-refractivity contribution in [2.45, 2.75) is 32.3 Å². The number of hydrogen-bond donors (Lipinski definition) is 0. The Morgan fingerprint density at radius 2 is 2.06 bits per heavy atom. The quantitative estimate of drug-likeness (QED) is 0.287. The highest BCUT2D eigenvalue weighted by Crippen LogP contribution is 2.35. The van der Waals surface area contributed by atoms with Gasteiger partial charge in [0, 0.05) is 21.7 Å². The predicted molar refractivity (Wildman–Crippen MR) is 121 cm³/mol. The van der Waals surface area contributed by atoms with Crippen molar-refractivity contribution < 1.29 is 13.9 Å². The first-order valence-corrected chi connectivity index (χ1v) is 11.4. The zero-order valence-electron chi connectivity index (χ0n) is 17.5. The van der Waals surface area contributed by atoms with E-state index < -0.39 is 5.97 Å². The van der Waals surface area contributed by atoms with Gasteiger partial charge in [0.05, 0.1) is 11.1 Å². The number of esters is 1. The Bertz CT molecular complexity index is 1490. The highest BCUT2D eigenvalue weighted by Gasteiger charge is 2.18. The number of thiophene rings is 1. The summed E-state index contributed by atoms with van der Waals surface area (Å²) >= 11 is 1.70. The second-order valence-electron chi connectivity index (χ2n) is 7.73. The molecule has 0 radical (unpaired) electrons. The monoisotopic (exact) mass is 458 g/mol. The Hall–Kier alpha value is -3.92. The van der Waals surface area contributed by atoms with Crippen LogP contribution in [0.1, 0.15) is 35.0 Å². The topological polar surface area (TPSA) is 108 Å². The molecule has 0 unspecified atom stereocenters. The van der Waals surface area contributed by atoms with Gasteiger partial charge in [-0.3, -0.25) is 0 Å². The van der Waals surface area contributed by atoms with Gasteiger partial charge in [-0.15, -0.1) is 31.7 Å². The maximum atomic E-state index is 12.2. The molecule has 0 aliphatic heterocycles. The van der Waals surface area contributed by atoms with E-state index >= 15 is 0 Å². The third kappa shape index (κ3) is 3.78. The molecule has 0 fully saturated rings. The Morgan fingerprint density at radius 3 is 3.00 bits per heavy atom. The third-order valence-corrected chi connectivity index (χ3v) is 6.78. The van der Waals surface area contributed by atoms with E-state index in [1.165, 1.54) is 35.4 Å². The summed E-state index contributed by atoms with van der Waals surface area (Å²) < 4.78 is 12.5. The van der Waals surface area contributed by atoms with E-state index in [1.807, 2.05) is 24.3 Å². The average Bonchev–Trinajstić information content (AvgIpc) is 3.59. The van der Waals surface area contributed by atoms with Crippen LogP contribution in [0.15, 0.2) is 47.0 Å². The summed E-state index contributed by atoms with van der Waals surface area (Å²) in [5.41, 5.74) is 2.00. The molecule has 6 rings (SSSR count). The summed E-state index contributed by atoms with van der Waals surface area (Å²) in [5.74, 6) is 0.580. The van der Waals surface area contributed by atoms with Crippen LogP contribution in [0.2, 0.25) is 0 Å². The van der Waals surface area contributed by atoms with Crippen LogP contribution >= 0.6 is 11.3 Å². The van der Waals surface area contributed by atoms with Gasteiger partial charge in [0.2, 0.25) is 0 Å². The molecule has 4 aromatic heterocycles. The molecule has 1 aromatic carbocycles. The molecular formula is C23H18N6O3S. The lowest BCUT2D eigenvalue weighted by atomic mass is 9.99. The highest BCUT2D eigenvalue weighted by atomic mass is 32.1. The summed E-state index contributed by atoms with van der Waals surface area (Å²) in [4.78, 5) is 14.6. The number of carbonyl (C=O) groups excluding carboxylic acids is 1. The molecule has 33 heavy (non-hydrogen) atoms. The van der Waals surface area contributed by atoms with Gasteiger partial charge in [-0.1, -0.05) is 24.3 Å². The van der Waals surface area contributed by atoms with Crippen LogP contribution < -0.4 is 0 Å². The SMILES string of the molecule is O=C(C=Cc1nnc2c3ccccc3cnn12)OCc1nnc(-c2cc3c(s2)CCCC3)o1. The van der Waals surface area contributed by atoms with Crippen LogP contribution in [0.4, 0.5) is 0 Å². The molecule has 0 atom stereocenters. The van der Waals surface area contributed by atoms with Crippen LogP contribution in [-0.4, -0.2) is 36.0 Å². The van der Waals surface area contributed by atoms with Gasteiger partial charge < -0.3 is 9.15 Å². The molecule has 0 N–H and O–H groups in total. The second kappa shape index (κ2) is 8.21. The summed E-state index contributed by atoms with van der Waals surface area (Å²) in [7, 11) is 0. The number of ether oxygens (including phenoxy) is 1. The molecular weight excluding hydrogens is 440 g/mol. The van der Waals surface area contributed by atoms with E-state index in [0.29, 0.717) is 17.4 Å². The van der Waals surface area contributed by atoms with Gasteiger partial charge in [0.15, 0.2) is 18.1 Å². The minimum atomic E-state index is -0.557. The smallest absolute Gasteiger partial charge is 0.331 e. The molecule has 4 heterocycles. The van der Waals surface area contributed by atoms with Crippen LogP contribution in [0.3, 0.4) is 0 Å². The number of aromatic nitrogens is 6. The Morgan fingerprint density at radius 1 is 1.15 bits per heavy atom. The third-order valence-electron chi connectivity index (χ3n) is 5.56. The predicted octanol–water partition coefficient (Wildman–Crippen LogP) is 4.02. The van der Waals surface area contributed by atoms with Gasteiger partial charge in [-0.2, -0.15) is 9.61 Å². The zero-order chi connectivity index (χ0) is 22.2. The van der Waals surface area contributed by atoms with Crippen molar-refractivity contribution in [1.82, 2.24) is 30.0 Å². The van der Waals surface area contributed by atoms with Crippen LogP contribution in [0.25, 0.3) is 33.3 Å². The fourth-order valence-corrected chi connectivity index (χ4v) is 5.12. The lowest BCUT2D eigenvalue weighted by Gasteiger charge is -2.08. The molecule has 0 spiro atoms. The molecule has 5 aromatic rings. The number of hydrogen-bond acceptors (Lipinski definition) is 9. The van der Waals surface area contributed by atoms with E-state index in [1.54, 1.807) is 22.0 Å².